The number of rotatable bonds is 7. The summed E-state index contributed by atoms with van der Waals surface area (Å²) in [6.07, 6.45) is 1.39. The van der Waals surface area contributed by atoms with Crippen molar-refractivity contribution in [3.05, 3.63) is 95.8 Å². The quantitative estimate of drug-likeness (QED) is 0.376. The van der Waals surface area contributed by atoms with Crippen LogP contribution >= 0.6 is 11.9 Å². The molecule has 0 saturated carbocycles. The van der Waals surface area contributed by atoms with Gasteiger partial charge in [-0.05, 0) is 79.4 Å². The van der Waals surface area contributed by atoms with Crippen molar-refractivity contribution in [2.75, 3.05) is 5.32 Å². The van der Waals surface area contributed by atoms with E-state index in [0.29, 0.717) is 11.4 Å². The Hall–Kier alpha value is -3.36. The van der Waals surface area contributed by atoms with Gasteiger partial charge in [-0.3, -0.25) is 4.79 Å². The molecule has 32 heavy (non-hydrogen) atoms. The molecule has 0 heterocycles. The Morgan fingerprint density at radius 2 is 1.53 bits per heavy atom. The van der Waals surface area contributed by atoms with Crippen LogP contribution in [0.4, 0.5) is 14.5 Å². The summed E-state index contributed by atoms with van der Waals surface area (Å²) in [4.78, 5) is 13.3. The fraction of sp³-hybridized carbons (Fsp3) is 0.125. The molecule has 0 aliphatic heterocycles. The van der Waals surface area contributed by atoms with Gasteiger partial charge in [0.2, 0.25) is 0 Å². The van der Waals surface area contributed by atoms with Gasteiger partial charge in [-0.1, -0.05) is 24.3 Å². The molecule has 0 aliphatic carbocycles. The summed E-state index contributed by atoms with van der Waals surface area (Å²) in [7, 11) is 0. The average Bonchev–Trinajstić information content (AvgIpc) is 2.79. The first kappa shape index (κ1) is 23.3. The van der Waals surface area contributed by atoms with Gasteiger partial charge in [0.15, 0.2) is 11.6 Å². The molecule has 6 N–H and O–H groups in total. The van der Waals surface area contributed by atoms with Crippen LogP contribution in [0.1, 0.15) is 24.2 Å². The van der Waals surface area contributed by atoms with E-state index >= 15 is 0 Å². The molecule has 0 saturated heterocycles. The molecule has 0 aromatic heterocycles. The third-order valence-corrected chi connectivity index (χ3v) is 5.96. The summed E-state index contributed by atoms with van der Waals surface area (Å²) in [5.41, 5.74) is 14.1. The number of hydrogen-bond donors (Lipinski definition) is 4. The van der Waals surface area contributed by atoms with Crippen LogP contribution in [-0.4, -0.2) is 11.4 Å². The van der Waals surface area contributed by atoms with E-state index in [1.54, 1.807) is 12.1 Å². The maximum atomic E-state index is 13.3. The summed E-state index contributed by atoms with van der Waals surface area (Å²) in [6.45, 7) is 3.89. The molecular weight excluding hydrogens is 430 g/mol. The van der Waals surface area contributed by atoms with E-state index in [9.17, 15) is 13.6 Å². The van der Waals surface area contributed by atoms with Gasteiger partial charge in [-0.25, -0.2) is 13.5 Å². The topological polar surface area (TPSA) is 93.2 Å². The van der Waals surface area contributed by atoms with Gasteiger partial charge in [0.25, 0.3) is 5.91 Å². The molecule has 0 radical (unpaired) electrons. The molecule has 0 fully saturated rings. The highest BCUT2D eigenvalue weighted by atomic mass is 32.2. The predicted octanol–water partition coefficient (Wildman–Crippen LogP) is 5.02. The van der Waals surface area contributed by atoms with E-state index in [1.165, 1.54) is 24.2 Å². The van der Waals surface area contributed by atoms with Crippen molar-refractivity contribution in [3.63, 3.8) is 0 Å². The maximum Gasteiger partial charge on any atom is 0.255 e. The third-order valence-electron chi connectivity index (χ3n) is 4.84. The second-order valence-electron chi connectivity index (χ2n) is 7.64. The van der Waals surface area contributed by atoms with Gasteiger partial charge >= 0.3 is 0 Å². The molecule has 0 atom stereocenters. The Kier molecular flexibility index (Phi) is 7.17. The molecule has 166 valence electrons. The van der Waals surface area contributed by atoms with Crippen molar-refractivity contribution in [2.24, 2.45) is 11.5 Å². The summed E-state index contributed by atoms with van der Waals surface area (Å²) in [5, 5.41) is 2.67. The smallest absolute Gasteiger partial charge is 0.255 e. The van der Waals surface area contributed by atoms with Crippen molar-refractivity contribution in [1.82, 2.24) is 4.72 Å². The first-order valence-electron chi connectivity index (χ1n) is 9.78. The van der Waals surface area contributed by atoms with E-state index in [2.05, 4.69) is 10.0 Å². The Labute approximate surface area is 190 Å². The van der Waals surface area contributed by atoms with Crippen molar-refractivity contribution in [3.8, 4) is 11.1 Å². The normalized spacial score (nSPS) is 11.9. The van der Waals surface area contributed by atoms with E-state index in [4.69, 9.17) is 11.5 Å². The molecular formula is C24H24F2N4OS. The van der Waals surface area contributed by atoms with Crippen molar-refractivity contribution in [1.29, 1.82) is 0 Å². The maximum absolute atomic E-state index is 13.3. The number of nitrogens with two attached hydrogens (primary N) is 2. The Balaban J connectivity index is 1.63. The zero-order chi connectivity index (χ0) is 23.3. The van der Waals surface area contributed by atoms with E-state index in [0.717, 1.165) is 28.2 Å². The average molecular weight is 455 g/mol. The molecule has 5 nitrogen and oxygen atoms in total. The zero-order valence-electron chi connectivity index (χ0n) is 17.7. The lowest BCUT2D eigenvalue weighted by Crippen LogP contribution is -2.40. The first-order chi connectivity index (χ1) is 15.2. The number of halogens is 2. The summed E-state index contributed by atoms with van der Waals surface area (Å²) >= 11 is 1.46. The van der Waals surface area contributed by atoms with Gasteiger partial charge in [0.1, 0.15) is 0 Å². The minimum Gasteiger partial charge on any atom is -0.403 e. The minimum absolute atomic E-state index is 0.0431. The molecule has 8 heteroatoms. The largest absolute Gasteiger partial charge is 0.403 e. The predicted molar refractivity (Wildman–Crippen MR) is 126 cm³/mol. The van der Waals surface area contributed by atoms with Crippen LogP contribution in [0.5, 0.6) is 0 Å². The monoisotopic (exact) mass is 454 g/mol. The fourth-order valence-electron chi connectivity index (χ4n) is 2.76. The van der Waals surface area contributed by atoms with Crippen molar-refractivity contribution >= 4 is 23.5 Å². The van der Waals surface area contributed by atoms with Gasteiger partial charge in [0.05, 0.1) is 5.54 Å². The SMILES string of the molecule is CC(C)(NSc1ccc(-c2ccc(NC(=O)c3ccc(F)c(F)c3)cc2)cc1)/C(N)=C/N. The molecule has 0 bridgehead atoms. The van der Waals surface area contributed by atoms with E-state index < -0.39 is 23.1 Å². The van der Waals surface area contributed by atoms with Crippen LogP contribution in [0.2, 0.25) is 0 Å². The number of anilines is 1. The number of amides is 1. The third kappa shape index (κ3) is 5.66. The number of nitrogens with one attached hydrogen (secondary N) is 2. The van der Waals surface area contributed by atoms with Crippen LogP contribution in [-0.2, 0) is 0 Å². The van der Waals surface area contributed by atoms with Crippen LogP contribution in [0.3, 0.4) is 0 Å². The van der Waals surface area contributed by atoms with Gasteiger partial charge in [-0.15, -0.1) is 0 Å². The van der Waals surface area contributed by atoms with Crippen LogP contribution in [0, 0.1) is 11.6 Å². The van der Waals surface area contributed by atoms with Crippen LogP contribution < -0.4 is 21.5 Å². The second kappa shape index (κ2) is 9.84. The van der Waals surface area contributed by atoms with Crippen LogP contribution in [0.15, 0.2) is 83.5 Å². The van der Waals surface area contributed by atoms with Crippen molar-refractivity contribution < 1.29 is 13.6 Å². The number of carbonyl (C=O) groups excluding carboxylic acids is 1. The van der Waals surface area contributed by atoms with Crippen molar-refractivity contribution in [2.45, 2.75) is 24.3 Å². The summed E-state index contributed by atoms with van der Waals surface area (Å²) in [5.74, 6) is -2.57. The van der Waals surface area contributed by atoms with E-state index in [1.807, 2.05) is 50.2 Å². The highest BCUT2D eigenvalue weighted by molar-refractivity contribution is 7.97. The molecule has 3 rings (SSSR count). The fourth-order valence-corrected chi connectivity index (χ4v) is 3.52. The first-order valence-corrected chi connectivity index (χ1v) is 10.6. The Bertz CT molecular complexity index is 1130. The van der Waals surface area contributed by atoms with Crippen LogP contribution in [0.25, 0.3) is 11.1 Å². The zero-order valence-corrected chi connectivity index (χ0v) is 18.5. The molecule has 1 amide bonds. The highest BCUT2D eigenvalue weighted by Crippen LogP contribution is 2.26. The molecule has 0 unspecified atom stereocenters. The standard InChI is InChI=1S/C24H24F2N4OS/c1-24(2,22(28)14-27)30-32-19-10-5-16(6-11-19)15-3-8-18(9-4-15)29-23(31)17-7-12-20(25)21(26)13-17/h3-14,30H,27-28H2,1-2H3,(H,29,31)/b22-14-. The number of benzene rings is 3. The number of hydrogen-bond acceptors (Lipinski definition) is 5. The molecule has 3 aromatic carbocycles. The second-order valence-corrected chi connectivity index (χ2v) is 8.52. The molecule has 0 spiro atoms. The Morgan fingerprint density at radius 3 is 2.09 bits per heavy atom. The Morgan fingerprint density at radius 1 is 0.938 bits per heavy atom. The lowest BCUT2D eigenvalue weighted by Gasteiger charge is -2.25. The summed E-state index contributed by atoms with van der Waals surface area (Å²) in [6, 6.07) is 18.2. The van der Waals surface area contributed by atoms with Gasteiger partial charge in [-0.2, -0.15) is 0 Å². The van der Waals surface area contributed by atoms with Gasteiger partial charge < -0.3 is 16.8 Å². The van der Waals surface area contributed by atoms with Gasteiger partial charge in [0, 0.05) is 28.0 Å². The van der Waals surface area contributed by atoms with E-state index in [-0.39, 0.29) is 5.56 Å². The number of carbonyl (C=O) groups is 1. The molecule has 0 aliphatic rings. The minimum atomic E-state index is -1.06. The highest BCUT2D eigenvalue weighted by Gasteiger charge is 2.20. The molecule has 3 aromatic rings. The summed E-state index contributed by atoms with van der Waals surface area (Å²) < 4.78 is 29.7. The lowest BCUT2D eigenvalue weighted by molar-refractivity contribution is 0.102. The lowest BCUT2D eigenvalue weighted by atomic mass is 10.0.